The molecule has 3 aromatic rings. The molecule has 2 N–H and O–H groups in total. The van der Waals surface area contributed by atoms with E-state index in [9.17, 15) is 14.4 Å². The van der Waals surface area contributed by atoms with Crippen molar-refractivity contribution >= 4 is 28.5 Å². The van der Waals surface area contributed by atoms with Gasteiger partial charge in [0.05, 0.1) is 23.1 Å². The predicted octanol–water partition coefficient (Wildman–Crippen LogP) is 2.67. The first-order valence-electron chi connectivity index (χ1n) is 8.62. The number of anilines is 1. The van der Waals surface area contributed by atoms with E-state index in [4.69, 9.17) is 4.74 Å². The van der Waals surface area contributed by atoms with Gasteiger partial charge in [-0.25, -0.2) is 9.78 Å². The van der Waals surface area contributed by atoms with Gasteiger partial charge in [-0.15, -0.1) is 0 Å². The summed E-state index contributed by atoms with van der Waals surface area (Å²) in [6.07, 6.45) is 0.480. The van der Waals surface area contributed by atoms with Gasteiger partial charge in [0.15, 0.2) is 0 Å². The highest BCUT2D eigenvalue weighted by Crippen LogP contribution is 2.12. The van der Waals surface area contributed by atoms with E-state index in [1.165, 1.54) is 0 Å². The lowest BCUT2D eigenvalue weighted by Gasteiger charge is -2.07. The molecule has 1 heterocycles. The molecule has 138 valence electrons. The summed E-state index contributed by atoms with van der Waals surface area (Å²) in [6, 6.07) is 13.5. The molecule has 27 heavy (non-hydrogen) atoms. The van der Waals surface area contributed by atoms with E-state index in [0.717, 1.165) is 0 Å². The Morgan fingerprint density at radius 3 is 2.59 bits per heavy atom. The van der Waals surface area contributed by atoms with E-state index in [1.807, 2.05) is 6.07 Å². The van der Waals surface area contributed by atoms with Crippen molar-refractivity contribution in [3.63, 3.8) is 0 Å². The molecule has 0 saturated carbocycles. The average molecular weight is 365 g/mol. The molecule has 0 radical (unpaired) electrons. The molecule has 0 fully saturated rings. The number of aryl methyl sites for hydroxylation is 1. The van der Waals surface area contributed by atoms with Crippen LogP contribution in [0.1, 0.15) is 29.5 Å². The summed E-state index contributed by atoms with van der Waals surface area (Å²) in [4.78, 5) is 42.9. The maximum absolute atomic E-state index is 12.1. The average Bonchev–Trinajstić information content (AvgIpc) is 2.67. The van der Waals surface area contributed by atoms with Gasteiger partial charge in [0.2, 0.25) is 5.91 Å². The lowest BCUT2D eigenvalue weighted by atomic mass is 10.2. The van der Waals surface area contributed by atoms with Gasteiger partial charge in [0, 0.05) is 18.5 Å². The summed E-state index contributed by atoms with van der Waals surface area (Å²) < 4.78 is 4.91. The van der Waals surface area contributed by atoms with Crippen LogP contribution in [0.2, 0.25) is 0 Å². The van der Waals surface area contributed by atoms with Gasteiger partial charge in [-0.2, -0.15) is 0 Å². The molecule has 1 amide bonds. The van der Waals surface area contributed by atoms with E-state index >= 15 is 0 Å². The Kier molecular flexibility index (Phi) is 5.61. The number of hydrogen-bond acceptors (Lipinski definition) is 5. The number of H-pyrrole nitrogens is 1. The predicted molar refractivity (Wildman–Crippen MR) is 102 cm³/mol. The van der Waals surface area contributed by atoms with Gasteiger partial charge in [-0.1, -0.05) is 12.1 Å². The number of carbonyl (C=O) groups is 2. The van der Waals surface area contributed by atoms with Gasteiger partial charge < -0.3 is 15.0 Å². The van der Waals surface area contributed by atoms with Crippen LogP contribution in [-0.4, -0.2) is 28.5 Å². The molecule has 3 rings (SSSR count). The van der Waals surface area contributed by atoms with Crippen molar-refractivity contribution in [2.75, 3.05) is 11.9 Å². The van der Waals surface area contributed by atoms with E-state index in [2.05, 4.69) is 15.3 Å². The number of esters is 1. The maximum atomic E-state index is 12.1. The SMILES string of the molecule is CCOC(=O)c1ccc(NC(=O)CCc2nc3ccccc3c(=O)[nH]2)cc1. The highest BCUT2D eigenvalue weighted by Gasteiger charge is 2.09. The number of rotatable bonds is 6. The first-order chi connectivity index (χ1) is 13.1. The van der Waals surface area contributed by atoms with Crippen LogP contribution in [0.3, 0.4) is 0 Å². The van der Waals surface area contributed by atoms with Gasteiger partial charge in [0.1, 0.15) is 5.82 Å². The second-order valence-corrected chi connectivity index (χ2v) is 5.88. The van der Waals surface area contributed by atoms with Crippen LogP contribution in [-0.2, 0) is 16.0 Å². The normalized spacial score (nSPS) is 10.6. The number of para-hydroxylation sites is 1. The van der Waals surface area contributed by atoms with Crippen LogP contribution >= 0.6 is 0 Å². The van der Waals surface area contributed by atoms with Crippen molar-refractivity contribution in [1.29, 1.82) is 0 Å². The Labute approximate surface area is 155 Å². The molecular formula is C20H19N3O4. The second kappa shape index (κ2) is 8.27. The number of nitrogens with zero attached hydrogens (tertiary/aromatic N) is 1. The molecule has 0 atom stereocenters. The van der Waals surface area contributed by atoms with Crippen molar-refractivity contribution in [3.8, 4) is 0 Å². The molecule has 2 aromatic carbocycles. The Bertz CT molecular complexity index is 1030. The van der Waals surface area contributed by atoms with Crippen LogP contribution in [0.4, 0.5) is 5.69 Å². The number of ether oxygens (including phenoxy) is 1. The summed E-state index contributed by atoms with van der Waals surface area (Å²) in [7, 11) is 0. The number of carbonyl (C=O) groups excluding carboxylic acids is 2. The number of aromatic amines is 1. The fraction of sp³-hybridized carbons (Fsp3) is 0.200. The molecule has 0 aliphatic heterocycles. The van der Waals surface area contributed by atoms with Gasteiger partial charge in [0.25, 0.3) is 5.56 Å². The van der Waals surface area contributed by atoms with Crippen LogP contribution in [0.25, 0.3) is 10.9 Å². The number of nitrogens with one attached hydrogen (secondary N) is 2. The number of aromatic nitrogens is 2. The summed E-state index contributed by atoms with van der Waals surface area (Å²) >= 11 is 0. The highest BCUT2D eigenvalue weighted by molar-refractivity contribution is 5.93. The lowest BCUT2D eigenvalue weighted by molar-refractivity contribution is -0.116. The zero-order chi connectivity index (χ0) is 19.2. The van der Waals surface area contributed by atoms with Crippen molar-refractivity contribution in [1.82, 2.24) is 9.97 Å². The standard InChI is InChI=1S/C20H19N3O4/c1-2-27-20(26)13-7-9-14(10-8-13)21-18(24)12-11-17-22-16-6-4-3-5-15(16)19(25)23-17/h3-10H,2,11-12H2,1H3,(H,21,24)(H,22,23,25). The van der Waals surface area contributed by atoms with E-state index in [1.54, 1.807) is 49.4 Å². The van der Waals surface area contributed by atoms with E-state index in [0.29, 0.717) is 41.0 Å². The molecule has 0 bridgehead atoms. The topological polar surface area (TPSA) is 101 Å². The maximum Gasteiger partial charge on any atom is 0.338 e. The third-order valence-electron chi connectivity index (χ3n) is 3.93. The van der Waals surface area contributed by atoms with E-state index < -0.39 is 5.97 Å². The number of amides is 1. The molecule has 0 saturated heterocycles. The van der Waals surface area contributed by atoms with Crippen LogP contribution in [0.15, 0.2) is 53.3 Å². The Balaban J connectivity index is 1.60. The number of hydrogen-bond donors (Lipinski definition) is 2. The minimum atomic E-state index is -0.401. The molecule has 0 aliphatic carbocycles. The molecule has 1 aromatic heterocycles. The van der Waals surface area contributed by atoms with E-state index in [-0.39, 0.29) is 17.9 Å². The van der Waals surface area contributed by atoms with Crippen molar-refractivity contribution in [2.24, 2.45) is 0 Å². The quantitative estimate of drug-likeness (QED) is 0.654. The molecule has 0 unspecified atom stereocenters. The lowest BCUT2D eigenvalue weighted by Crippen LogP contribution is -2.16. The van der Waals surface area contributed by atoms with Crippen LogP contribution in [0, 0.1) is 0 Å². The summed E-state index contributed by atoms with van der Waals surface area (Å²) in [5, 5.41) is 3.27. The molecule has 7 nitrogen and oxygen atoms in total. The van der Waals surface area contributed by atoms with Gasteiger partial charge in [-0.3, -0.25) is 9.59 Å². The molecule has 0 spiro atoms. The summed E-state index contributed by atoms with van der Waals surface area (Å²) in [5.41, 5.74) is 1.39. The minimum Gasteiger partial charge on any atom is -0.462 e. The van der Waals surface area contributed by atoms with Gasteiger partial charge in [-0.05, 0) is 43.3 Å². The van der Waals surface area contributed by atoms with Crippen molar-refractivity contribution in [2.45, 2.75) is 19.8 Å². The molecule has 7 heteroatoms. The molecular weight excluding hydrogens is 346 g/mol. The Morgan fingerprint density at radius 1 is 1.11 bits per heavy atom. The zero-order valence-electron chi connectivity index (χ0n) is 14.8. The third-order valence-corrected chi connectivity index (χ3v) is 3.93. The zero-order valence-corrected chi connectivity index (χ0v) is 14.8. The first kappa shape index (κ1) is 18.3. The van der Waals surface area contributed by atoms with Crippen molar-refractivity contribution < 1.29 is 14.3 Å². The third kappa shape index (κ3) is 4.58. The summed E-state index contributed by atoms with van der Waals surface area (Å²) in [5.74, 6) is -0.150. The monoisotopic (exact) mass is 365 g/mol. The number of benzene rings is 2. The van der Waals surface area contributed by atoms with Crippen LogP contribution < -0.4 is 10.9 Å². The number of fused-ring (bicyclic) bond motifs is 1. The minimum absolute atomic E-state index is 0.168. The fourth-order valence-electron chi connectivity index (χ4n) is 2.61. The van der Waals surface area contributed by atoms with Crippen LogP contribution in [0.5, 0.6) is 0 Å². The smallest absolute Gasteiger partial charge is 0.338 e. The fourth-order valence-corrected chi connectivity index (χ4v) is 2.61. The Morgan fingerprint density at radius 2 is 1.85 bits per heavy atom. The Hall–Kier alpha value is -3.48. The van der Waals surface area contributed by atoms with Crippen molar-refractivity contribution in [3.05, 3.63) is 70.3 Å². The second-order valence-electron chi connectivity index (χ2n) is 5.88. The molecule has 0 aliphatic rings. The first-order valence-corrected chi connectivity index (χ1v) is 8.62. The highest BCUT2D eigenvalue weighted by atomic mass is 16.5. The van der Waals surface area contributed by atoms with Gasteiger partial charge >= 0.3 is 5.97 Å². The largest absolute Gasteiger partial charge is 0.462 e. The summed E-state index contributed by atoms with van der Waals surface area (Å²) in [6.45, 7) is 2.05.